The van der Waals surface area contributed by atoms with E-state index in [-0.39, 0.29) is 24.3 Å². The van der Waals surface area contributed by atoms with Crippen LogP contribution in [-0.2, 0) is 9.59 Å². The van der Waals surface area contributed by atoms with E-state index >= 15 is 0 Å². The molecule has 1 saturated heterocycles. The number of ether oxygens (including phenoxy) is 2. The minimum Gasteiger partial charge on any atom is -0.497 e. The van der Waals surface area contributed by atoms with Crippen LogP contribution in [-0.4, -0.2) is 85.3 Å². The van der Waals surface area contributed by atoms with Crippen LogP contribution in [0.25, 0.3) is 11.3 Å². The summed E-state index contributed by atoms with van der Waals surface area (Å²) in [5.41, 5.74) is 1.55. The zero-order valence-corrected chi connectivity index (χ0v) is 22.4. The lowest BCUT2D eigenvalue weighted by Crippen LogP contribution is -2.52. The van der Waals surface area contributed by atoms with Gasteiger partial charge in [0, 0.05) is 50.3 Å². The molecule has 2 heterocycles. The van der Waals surface area contributed by atoms with Crippen LogP contribution in [0.4, 0.5) is 5.82 Å². The molecule has 196 valence electrons. The smallest absolute Gasteiger partial charge is 0.242 e. The van der Waals surface area contributed by atoms with Gasteiger partial charge in [-0.2, -0.15) is 0 Å². The molecule has 0 spiro atoms. The van der Waals surface area contributed by atoms with Gasteiger partial charge in [-0.05, 0) is 36.6 Å². The lowest BCUT2D eigenvalue weighted by molar-refractivity contribution is -0.142. The predicted octanol–water partition coefficient (Wildman–Crippen LogP) is 3.34. The molecule has 0 saturated carbocycles. The molecule has 0 atom stereocenters. The molecule has 0 N–H and O–H groups in total. The fourth-order valence-corrected chi connectivity index (χ4v) is 4.14. The second kappa shape index (κ2) is 12.6. The first-order valence-electron chi connectivity index (χ1n) is 12.6. The van der Waals surface area contributed by atoms with Crippen molar-refractivity contribution in [1.29, 1.82) is 0 Å². The average Bonchev–Trinajstić information content (AvgIpc) is 2.90. The van der Waals surface area contributed by atoms with Gasteiger partial charge >= 0.3 is 0 Å². The highest BCUT2D eigenvalue weighted by Crippen LogP contribution is 2.32. The lowest BCUT2D eigenvalue weighted by atomic mass is 10.1. The quantitative estimate of drug-likeness (QED) is 0.497. The van der Waals surface area contributed by atoms with Crippen molar-refractivity contribution in [2.75, 3.05) is 58.4 Å². The molecule has 1 aromatic heterocycles. The van der Waals surface area contributed by atoms with E-state index in [1.54, 1.807) is 19.1 Å². The third-order valence-electron chi connectivity index (χ3n) is 6.40. The zero-order chi connectivity index (χ0) is 26.2. The number of rotatable bonds is 10. The third kappa shape index (κ3) is 6.86. The number of piperazine rings is 1. The Morgan fingerprint density at radius 3 is 2.25 bits per heavy atom. The van der Waals surface area contributed by atoms with E-state index in [0.717, 1.165) is 17.8 Å². The highest BCUT2D eigenvalue weighted by molar-refractivity contribution is 5.85. The Balaban J connectivity index is 1.59. The zero-order valence-electron chi connectivity index (χ0n) is 22.4. The van der Waals surface area contributed by atoms with Crippen molar-refractivity contribution in [2.45, 2.75) is 34.1 Å². The third-order valence-corrected chi connectivity index (χ3v) is 6.40. The van der Waals surface area contributed by atoms with Crippen LogP contribution in [0.2, 0.25) is 0 Å². The second-order valence-electron chi connectivity index (χ2n) is 9.81. The summed E-state index contributed by atoms with van der Waals surface area (Å²) in [5, 5.41) is 8.85. The number of benzene rings is 1. The molecule has 1 fully saturated rings. The summed E-state index contributed by atoms with van der Waals surface area (Å²) in [6.45, 7) is 11.3. The Morgan fingerprint density at radius 2 is 1.69 bits per heavy atom. The molecule has 0 unspecified atom stereocenters. The van der Waals surface area contributed by atoms with Gasteiger partial charge in [0.15, 0.2) is 5.82 Å². The first-order valence-corrected chi connectivity index (χ1v) is 12.6. The maximum atomic E-state index is 13.0. The number of hydrogen-bond acceptors (Lipinski definition) is 7. The summed E-state index contributed by atoms with van der Waals surface area (Å²) in [7, 11) is 3.23. The molecule has 0 bridgehead atoms. The van der Waals surface area contributed by atoms with E-state index in [4.69, 9.17) is 9.47 Å². The van der Waals surface area contributed by atoms with Crippen LogP contribution in [0.15, 0.2) is 30.3 Å². The van der Waals surface area contributed by atoms with Crippen molar-refractivity contribution in [1.82, 2.24) is 20.0 Å². The predicted molar refractivity (Wildman–Crippen MR) is 140 cm³/mol. The molecule has 1 aliphatic heterocycles. The Bertz CT molecular complexity index is 1020. The van der Waals surface area contributed by atoms with Crippen molar-refractivity contribution in [3.63, 3.8) is 0 Å². The number of nitrogens with zero attached hydrogens (tertiary/aromatic N) is 5. The molecule has 3 rings (SSSR count). The van der Waals surface area contributed by atoms with Gasteiger partial charge in [-0.25, -0.2) is 0 Å². The van der Waals surface area contributed by atoms with E-state index < -0.39 is 0 Å². The van der Waals surface area contributed by atoms with Crippen LogP contribution in [0, 0.1) is 11.8 Å². The van der Waals surface area contributed by atoms with Gasteiger partial charge in [-0.1, -0.05) is 27.7 Å². The van der Waals surface area contributed by atoms with Crippen LogP contribution in [0.3, 0.4) is 0 Å². The largest absolute Gasteiger partial charge is 0.497 e. The van der Waals surface area contributed by atoms with E-state index in [0.29, 0.717) is 55.8 Å². The molecule has 0 aliphatic carbocycles. The highest BCUT2D eigenvalue weighted by Gasteiger charge is 2.26. The first-order chi connectivity index (χ1) is 17.2. The molecule has 9 heteroatoms. The molecule has 1 aromatic carbocycles. The van der Waals surface area contributed by atoms with Crippen molar-refractivity contribution in [3.8, 4) is 22.8 Å². The summed E-state index contributed by atoms with van der Waals surface area (Å²) in [6, 6.07) is 9.45. The van der Waals surface area contributed by atoms with Gasteiger partial charge in [0.05, 0.1) is 26.5 Å². The summed E-state index contributed by atoms with van der Waals surface area (Å²) >= 11 is 0. The van der Waals surface area contributed by atoms with Gasteiger partial charge in [0.1, 0.15) is 11.5 Å². The molecular formula is C27H39N5O4. The van der Waals surface area contributed by atoms with Crippen LogP contribution in [0.5, 0.6) is 11.5 Å². The number of carbonyl (C=O) groups excluding carboxylic acids is 2. The molecular weight excluding hydrogens is 458 g/mol. The summed E-state index contributed by atoms with van der Waals surface area (Å²) in [4.78, 5) is 31.3. The van der Waals surface area contributed by atoms with Crippen LogP contribution in [0.1, 0.15) is 34.1 Å². The monoisotopic (exact) mass is 497 g/mol. The number of hydrogen-bond donors (Lipinski definition) is 0. The summed E-state index contributed by atoms with van der Waals surface area (Å²) in [5.74, 6) is 2.54. The Hall–Kier alpha value is -3.36. The van der Waals surface area contributed by atoms with Crippen molar-refractivity contribution in [3.05, 3.63) is 30.3 Å². The van der Waals surface area contributed by atoms with E-state index in [9.17, 15) is 9.59 Å². The molecule has 2 aromatic rings. The number of methoxy groups -OCH3 is 2. The maximum Gasteiger partial charge on any atom is 0.242 e. The summed E-state index contributed by atoms with van der Waals surface area (Å²) < 4.78 is 10.8. The summed E-state index contributed by atoms with van der Waals surface area (Å²) in [6.07, 6.45) is 0.885. The molecule has 1 aliphatic rings. The Labute approximate surface area is 214 Å². The molecule has 2 amide bonds. The average molecular weight is 498 g/mol. The number of carbonyl (C=O) groups is 2. The van der Waals surface area contributed by atoms with E-state index in [1.807, 2.05) is 49.1 Å². The van der Waals surface area contributed by atoms with Crippen molar-refractivity contribution >= 4 is 17.6 Å². The number of anilines is 1. The van der Waals surface area contributed by atoms with Crippen molar-refractivity contribution < 1.29 is 19.1 Å². The first kappa shape index (κ1) is 27.2. The standard InChI is InChI=1S/C27H39N5O4/c1-19(2)11-12-32(27(34)20(3)4)18-26(33)31-15-13-30(14-16-31)25-10-9-23(28-29-25)22-8-7-21(35-5)17-24(22)36-6/h7-10,17,19-20H,11-16,18H2,1-6H3. The van der Waals surface area contributed by atoms with E-state index in [1.165, 1.54) is 0 Å². The second-order valence-corrected chi connectivity index (χ2v) is 9.81. The fraction of sp³-hybridized carbons (Fsp3) is 0.556. The normalized spacial score (nSPS) is 13.8. The topological polar surface area (TPSA) is 88.1 Å². The molecule has 9 nitrogen and oxygen atoms in total. The number of amides is 2. The SMILES string of the molecule is COc1ccc(-c2ccc(N3CCN(C(=O)CN(CCC(C)C)C(=O)C(C)C)CC3)nn2)c(OC)c1. The highest BCUT2D eigenvalue weighted by atomic mass is 16.5. The number of aromatic nitrogens is 2. The fourth-order valence-electron chi connectivity index (χ4n) is 4.14. The minimum atomic E-state index is -0.124. The lowest BCUT2D eigenvalue weighted by Gasteiger charge is -2.36. The van der Waals surface area contributed by atoms with Gasteiger partial charge in [0.25, 0.3) is 0 Å². The molecule has 0 radical (unpaired) electrons. The van der Waals surface area contributed by atoms with Gasteiger partial charge in [-0.3, -0.25) is 9.59 Å². The minimum absolute atomic E-state index is 0.000406. The van der Waals surface area contributed by atoms with Gasteiger partial charge < -0.3 is 24.2 Å². The van der Waals surface area contributed by atoms with Gasteiger partial charge in [0.2, 0.25) is 11.8 Å². The van der Waals surface area contributed by atoms with Crippen LogP contribution < -0.4 is 14.4 Å². The van der Waals surface area contributed by atoms with Crippen molar-refractivity contribution in [2.24, 2.45) is 11.8 Å². The maximum absolute atomic E-state index is 13.0. The Morgan fingerprint density at radius 1 is 0.972 bits per heavy atom. The van der Waals surface area contributed by atoms with Crippen LogP contribution >= 0.6 is 0 Å². The Kier molecular flexibility index (Phi) is 9.50. The molecule has 36 heavy (non-hydrogen) atoms. The van der Waals surface area contributed by atoms with E-state index in [2.05, 4.69) is 28.9 Å². The van der Waals surface area contributed by atoms with Gasteiger partial charge in [-0.15, -0.1) is 10.2 Å².